The Bertz CT molecular complexity index is 272. The molecule has 4 nitrogen and oxygen atoms in total. The van der Waals surface area contributed by atoms with Crippen LogP contribution in [0, 0.1) is 0 Å². The Kier molecular flexibility index (Phi) is 6.46. The van der Waals surface area contributed by atoms with Crippen LogP contribution in [-0.2, 0) is 9.59 Å². The lowest BCUT2D eigenvalue weighted by Crippen LogP contribution is -2.48. The molecule has 1 atom stereocenters. The molecule has 0 aliphatic heterocycles. The van der Waals surface area contributed by atoms with Crippen molar-refractivity contribution in [3.8, 4) is 0 Å². The van der Waals surface area contributed by atoms with E-state index in [1.54, 1.807) is 32.0 Å². The molecule has 0 aliphatic carbocycles. The maximum atomic E-state index is 11.9. The van der Waals surface area contributed by atoms with Gasteiger partial charge in [0.25, 0.3) is 0 Å². The van der Waals surface area contributed by atoms with Gasteiger partial charge in [-0.1, -0.05) is 13.0 Å². The van der Waals surface area contributed by atoms with Crippen LogP contribution in [0.25, 0.3) is 0 Å². The predicted octanol–water partition coefficient (Wildman–Crippen LogP) is 1.28. The van der Waals surface area contributed by atoms with Crippen molar-refractivity contribution < 1.29 is 9.59 Å². The van der Waals surface area contributed by atoms with Gasteiger partial charge in [0.1, 0.15) is 6.04 Å². The van der Waals surface area contributed by atoms with Crippen molar-refractivity contribution in [3.05, 3.63) is 12.2 Å². The molecule has 0 aliphatic rings. The number of hydrogen-bond acceptors (Lipinski definition) is 2. The van der Waals surface area contributed by atoms with E-state index in [1.807, 2.05) is 13.8 Å². The third-order valence-corrected chi connectivity index (χ3v) is 2.42. The van der Waals surface area contributed by atoms with E-state index in [-0.39, 0.29) is 17.9 Å². The second kappa shape index (κ2) is 7.04. The minimum absolute atomic E-state index is 0.0257. The first-order valence-electron chi connectivity index (χ1n) is 5.63. The molecular weight excluding hydrogens is 204 g/mol. The number of nitrogens with zero attached hydrogens (tertiary/aromatic N) is 2. The number of rotatable bonds is 5. The zero-order valence-corrected chi connectivity index (χ0v) is 10.9. The number of hydrogen-bond donors (Lipinski definition) is 0. The monoisotopic (exact) mass is 226 g/mol. The van der Waals surface area contributed by atoms with Crippen LogP contribution in [0.5, 0.6) is 0 Å². The van der Waals surface area contributed by atoms with Gasteiger partial charge in [-0.15, -0.1) is 0 Å². The first kappa shape index (κ1) is 14.7. The molecule has 0 rings (SSSR count). The largest absolute Gasteiger partial charge is 0.347 e. The Labute approximate surface area is 97.9 Å². The topological polar surface area (TPSA) is 40.6 Å². The SMILES string of the molecule is C/C=C\C(=O)N(CC)C(CC)C(=O)N(C)C. The summed E-state index contributed by atoms with van der Waals surface area (Å²) in [6.07, 6.45) is 3.82. The molecule has 0 spiro atoms. The fourth-order valence-electron chi connectivity index (χ4n) is 1.59. The zero-order valence-electron chi connectivity index (χ0n) is 10.9. The Morgan fingerprint density at radius 3 is 2.12 bits per heavy atom. The van der Waals surface area contributed by atoms with E-state index in [9.17, 15) is 9.59 Å². The Hall–Kier alpha value is -1.32. The molecule has 0 aromatic carbocycles. The van der Waals surface area contributed by atoms with Gasteiger partial charge in [0.15, 0.2) is 0 Å². The molecule has 0 aromatic rings. The molecule has 0 heterocycles. The van der Waals surface area contributed by atoms with Crippen LogP contribution < -0.4 is 0 Å². The summed E-state index contributed by atoms with van der Waals surface area (Å²) in [6, 6.07) is -0.358. The molecule has 16 heavy (non-hydrogen) atoms. The lowest BCUT2D eigenvalue weighted by atomic mass is 10.1. The van der Waals surface area contributed by atoms with Gasteiger partial charge < -0.3 is 9.80 Å². The summed E-state index contributed by atoms with van der Waals surface area (Å²) >= 11 is 0. The van der Waals surface area contributed by atoms with Crippen molar-refractivity contribution >= 4 is 11.8 Å². The van der Waals surface area contributed by atoms with E-state index in [1.165, 1.54) is 11.0 Å². The van der Waals surface area contributed by atoms with Crippen molar-refractivity contribution in [3.63, 3.8) is 0 Å². The average Bonchev–Trinajstić information content (AvgIpc) is 2.24. The van der Waals surface area contributed by atoms with Gasteiger partial charge in [0, 0.05) is 20.6 Å². The van der Waals surface area contributed by atoms with Crippen LogP contribution >= 0.6 is 0 Å². The zero-order chi connectivity index (χ0) is 12.7. The molecule has 0 bridgehead atoms. The molecule has 92 valence electrons. The lowest BCUT2D eigenvalue weighted by Gasteiger charge is -2.30. The summed E-state index contributed by atoms with van der Waals surface area (Å²) in [5.41, 5.74) is 0. The summed E-state index contributed by atoms with van der Waals surface area (Å²) in [4.78, 5) is 26.8. The van der Waals surface area contributed by atoms with Gasteiger partial charge in [-0.25, -0.2) is 0 Å². The molecule has 0 saturated carbocycles. The van der Waals surface area contributed by atoms with Gasteiger partial charge in [0.05, 0.1) is 0 Å². The fraction of sp³-hybridized carbons (Fsp3) is 0.667. The second-order valence-electron chi connectivity index (χ2n) is 3.78. The Balaban J connectivity index is 4.89. The van der Waals surface area contributed by atoms with Crippen molar-refractivity contribution in [1.29, 1.82) is 0 Å². The van der Waals surface area contributed by atoms with Crippen LogP contribution in [0.2, 0.25) is 0 Å². The highest BCUT2D eigenvalue weighted by molar-refractivity contribution is 5.92. The Morgan fingerprint density at radius 2 is 1.81 bits per heavy atom. The molecular formula is C12H22N2O2. The summed E-state index contributed by atoms with van der Waals surface area (Å²) < 4.78 is 0. The maximum absolute atomic E-state index is 11.9. The third kappa shape index (κ3) is 3.68. The minimum atomic E-state index is -0.358. The van der Waals surface area contributed by atoms with Crippen LogP contribution in [0.15, 0.2) is 12.2 Å². The number of likely N-dealkylation sites (N-methyl/N-ethyl adjacent to an activating group) is 2. The summed E-state index contributed by atoms with van der Waals surface area (Å²) in [6.45, 7) is 6.13. The van der Waals surface area contributed by atoms with Gasteiger partial charge in [0.2, 0.25) is 11.8 Å². The molecule has 4 heteroatoms. The fourth-order valence-corrected chi connectivity index (χ4v) is 1.59. The molecule has 0 aromatic heterocycles. The van der Waals surface area contributed by atoms with Gasteiger partial charge in [-0.3, -0.25) is 9.59 Å². The molecule has 0 saturated heterocycles. The van der Waals surface area contributed by atoms with E-state index in [2.05, 4.69) is 0 Å². The summed E-state index contributed by atoms with van der Waals surface area (Å²) in [7, 11) is 3.41. The lowest BCUT2D eigenvalue weighted by molar-refractivity contribution is -0.141. The van der Waals surface area contributed by atoms with Crippen molar-refractivity contribution in [2.24, 2.45) is 0 Å². The summed E-state index contributed by atoms with van der Waals surface area (Å²) in [5.74, 6) is -0.130. The van der Waals surface area contributed by atoms with Crippen molar-refractivity contribution in [1.82, 2.24) is 9.80 Å². The summed E-state index contributed by atoms with van der Waals surface area (Å²) in [5, 5.41) is 0. The Morgan fingerprint density at radius 1 is 1.25 bits per heavy atom. The second-order valence-corrected chi connectivity index (χ2v) is 3.78. The highest BCUT2D eigenvalue weighted by atomic mass is 16.2. The molecule has 0 N–H and O–H groups in total. The number of carbonyl (C=O) groups is 2. The smallest absolute Gasteiger partial charge is 0.246 e. The van der Waals surface area contributed by atoms with E-state index < -0.39 is 0 Å². The number of amides is 2. The minimum Gasteiger partial charge on any atom is -0.347 e. The molecule has 0 radical (unpaired) electrons. The predicted molar refractivity (Wildman–Crippen MR) is 65.0 cm³/mol. The highest BCUT2D eigenvalue weighted by Crippen LogP contribution is 2.08. The van der Waals surface area contributed by atoms with Crippen LogP contribution in [0.1, 0.15) is 27.2 Å². The molecule has 2 amide bonds. The number of carbonyl (C=O) groups excluding carboxylic acids is 2. The van der Waals surface area contributed by atoms with Crippen molar-refractivity contribution in [2.75, 3.05) is 20.6 Å². The maximum Gasteiger partial charge on any atom is 0.246 e. The number of allylic oxidation sites excluding steroid dienone is 1. The highest BCUT2D eigenvalue weighted by Gasteiger charge is 2.26. The van der Waals surface area contributed by atoms with Gasteiger partial charge in [-0.2, -0.15) is 0 Å². The van der Waals surface area contributed by atoms with Crippen LogP contribution in [0.3, 0.4) is 0 Å². The normalized spacial score (nSPS) is 12.6. The quantitative estimate of drug-likeness (QED) is 0.663. The first-order chi connectivity index (χ1) is 7.49. The third-order valence-electron chi connectivity index (χ3n) is 2.42. The van der Waals surface area contributed by atoms with Crippen molar-refractivity contribution in [2.45, 2.75) is 33.2 Å². The molecule has 0 fully saturated rings. The van der Waals surface area contributed by atoms with E-state index in [0.29, 0.717) is 13.0 Å². The molecule has 1 unspecified atom stereocenters. The van der Waals surface area contributed by atoms with Crippen LogP contribution in [-0.4, -0.2) is 48.3 Å². The van der Waals surface area contributed by atoms with E-state index in [4.69, 9.17) is 0 Å². The van der Waals surface area contributed by atoms with Gasteiger partial charge >= 0.3 is 0 Å². The van der Waals surface area contributed by atoms with E-state index in [0.717, 1.165) is 0 Å². The van der Waals surface area contributed by atoms with Gasteiger partial charge in [-0.05, 0) is 26.3 Å². The first-order valence-corrected chi connectivity index (χ1v) is 5.63. The standard InChI is InChI=1S/C12H22N2O2/c1-6-9-11(15)14(8-3)10(7-2)12(16)13(4)5/h6,9-10H,7-8H2,1-5H3/b9-6-. The average molecular weight is 226 g/mol. The van der Waals surface area contributed by atoms with E-state index >= 15 is 0 Å². The van der Waals surface area contributed by atoms with Crippen LogP contribution in [0.4, 0.5) is 0 Å².